The Morgan fingerprint density at radius 1 is 1.42 bits per heavy atom. The lowest BCUT2D eigenvalue weighted by atomic mass is 10.1. The van der Waals surface area contributed by atoms with Crippen LogP contribution in [0.3, 0.4) is 0 Å². The molecule has 0 bridgehead atoms. The zero-order valence-corrected chi connectivity index (χ0v) is 12.6. The van der Waals surface area contributed by atoms with Gasteiger partial charge < -0.3 is 20.3 Å². The third-order valence-electron chi connectivity index (χ3n) is 4.11. The average molecular weight is 335 g/mol. The second-order valence-corrected chi connectivity index (χ2v) is 5.67. The fourth-order valence-electron chi connectivity index (χ4n) is 2.94. The van der Waals surface area contributed by atoms with Crippen molar-refractivity contribution in [3.63, 3.8) is 0 Å². The molecule has 1 unspecified atom stereocenters. The van der Waals surface area contributed by atoms with Gasteiger partial charge in [0.25, 0.3) is 0 Å². The molecule has 126 valence electrons. The number of benzene rings is 1. The summed E-state index contributed by atoms with van der Waals surface area (Å²) in [7, 11) is 0. The number of rotatable bonds is 3. The summed E-state index contributed by atoms with van der Waals surface area (Å²) in [5, 5.41) is 8.97. The number of halogens is 2. The number of carbonyl (C=O) groups is 1. The van der Waals surface area contributed by atoms with Crippen LogP contribution in [0.2, 0.25) is 0 Å². The number of pyridine rings is 1. The molecular formula is C16H15F2N3O3. The third kappa shape index (κ3) is 2.65. The van der Waals surface area contributed by atoms with Crippen molar-refractivity contribution in [1.29, 1.82) is 0 Å². The van der Waals surface area contributed by atoms with E-state index in [-0.39, 0.29) is 29.0 Å². The zero-order chi connectivity index (χ0) is 17.4. The Bertz CT molecular complexity index is 908. The molecule has 0 aliphatic carbocycles. The molecule has 6 nitrogen and oxygen atoms in total. The molecule has 0 radical (unpaired) electrons. The van der Waals surface area contributed by atoms with Crippen molar-refractivity contribution in [2.75, 3.05) is 18.0 Å². The maximum atomic E-state index is 14.5. The molecule has 1 aromatic carbocycles. The van der Waals surface area contributed by atoms with Gasteiger partial charge in [-0.1, -0.05) is 0 Å². The number of nitrogens with zero attached hydrogens (tertiary/aromatic N) is 2. The predicted molar refractivity (Wildman–Crippen MR) is 86.4 cm³/mol. The van der Waals surface area contributed by atoms with Gasteiger partial charge in [-0.15, -0.1) is 0 Å². The van der Waals surface area contributed by atoms with Crippen LogP contribution in [0, 0.1) is 5.82 Å². The number of hydrogen-bond donors (Lipinski definition) is 2. The first-order valence-electron chi connectivity index (χ1n) is 7.31. The van der Waals surface area contributed by atoms with Gasteiger partial charge in [0.2, 0.25) is 5.43 Å². The van der Waals surface area contributed by atoms with Crippen molar-refractivity contribution in [2.24, 2.45) is 5.73 Å². The van der Waals surface area contributed by atoms with Gasteiger partial charge in [-0.2, -0.15) is 0 Å². The summed E-state index contributed by atoms with van der Waals surface area (Å²) in [6.07, 6.45) is 2.91. The molecular weight excluding hydrogens is 320 g/mol. The molecule has 1 aromatic heterocycles. The minimum Gasteiger partial charge on any atom is -0.477 e. The lowest BCUT2D eigenvalue weighted by Gasteiger charge is -2.20. The number of aromatic carboxylic acids is 1. The summed E-state index contributed by atoms with van der Waals surface area (Å²) in [6.45, 7) is 1.04. The number of fused-ring (bicyclic) bond motifs is 1. The van der Waals surface area contributed by atoms with E-state index in [4.69, 9.17) is 10.8 Å². The van der Waals surface area contributed by atoms with Gasteiger partial charge in [-0.3, -0.25) is 4.79 Å². The van der Waals surface area contributed by atoms with Gasteiger partial charge in [0.15, 0.2) is 0 Å². The van der Waals surface area contributed by atoms with Crippen LogP contribution in [0.1, 0.15) is 16.8 Å². The lowest BCUT2D eigenvalue weighted by molar-refractivity contribution is 0.0695. The molecule has 8 heteroatoms. The Morgan fingerprint density at radius 3 is 2.75 bits per heavy atom. The Labute approximate surface area is 135 Å². The Balaban J connectivity index is 2.28. The number of carboxylic acid groups (broad SMARTS) is 1. The summed E-state index contributed by atoms with van der Waals surface area (Å²) in [5.41, 5.74) is 4.93. The number of aromatic nitrogens is 1. The van der Waals surface area contributed by atoms with Crippen LogP contribution in [0.15, 0.2) is 29.5 Å². The third-order valence-corrected chi connectivity index (χ3v) is 4.11. The van der Waals surface area contributed by atoms with Crippen LogP contribution in [0.4, 0.5) is 14.5 Å². The summed E-state index contributed by atoms with van der Waals surface area (Å²) < 4.78 is 28.3. The molecule has 0 saturated carbocycles. The second-order valence-electron chi connectivity index (χ2n) is 5.67. The summed E-state index contributed by atoms with van der Waals surface area (Å²) in [6, 6.07) is 2.34. The fraction of sp³-hybridized carbons (Fsp3) is 0.250. The van der Waals surface area contributed by atoms with Crippen molar-refractivity contribution in [3.8, 4) is 0 Å². The van der Waals surface area contributed by atoms with E-state index in [9.17, 15) is 18.4 Å². The molecule has 0 spiro atoms. The SMILES string of the molecule is NC1CCN(c2cc3c(cc2F)c(=O)c(C(=O)O)cn3/C=C/F)C1. The maximum Gasteiger partial charge on any atom is 0.341 e. The topological polar surface area (TPSA) is 88.6 Å². The zero-order valence-electron chi connectivity index (χ0n) is 12.6. The molecule has 1 aliphatic rings. The molecule has 3 rings (SSSR count). The number of nitrogens with two attached hydrogens (primary N) is 1. The molecule has 2 aromatic rings. The number of carboxylic acids is 1. The first kappa shape index (κ1) is 16.1. The second kappa shape index (κ2) is 6.04. The highest BCUT2D eigenvalue weighted by molar-refractivity contribution is 5.94. The molecule has 3 N–H and O–H groups in total. The van der Waals surface area contributed by atoms with E-state index in [1.165, 1.54) is 6.07 Å². The van der Waals surface area contributed by atoms with Crippen LogP contribution >= 0.6 is 0 Å². The molecule has 1 atom stereocenters. The van der Waals surface area contributed by atoms with E-state index in [0.29, 0.717) is 19.5 Å². The average Bonchev–Trinajstić information content (AvgIpc) is 2.96. The minimum absolute atomic E-state index is 0.0672. The molecule has 1 fully saturated rings. The van der Waals surface area contributed by atoms with Gasteiger partial charge in [-0.05, 0) is 18.6 Å². The highest BCUT2D eigenvalue weighted by atomic mass is 19.1. The molecule has 0 amide bonds. The van der Waals surface area contributed by atoms with Gasteiger partial charge in [-0.25, -0.2) is 13.6 Å². The number of anilines is 1. The van der Waals surface area contributed by atoms with Crippen molar-refractivity contribution < 1.29 is 18.7 Å². The first-order chi connectivity index (χ1) is 11.4. The summed E-state index contributed by atoms with van der Waals surface area (Å²) in [4.78, 5) is 25.2. The van der Waals surface area contributed by atoms with Crippen molar-refractivity contribution >= 4 is 28.8 Å². The lowest BCUT2D eigenvalue weighted by Crippen LogP contribution is -2.27. The van der Waals surface area contributed by atoms with Gasteiger partial charge >= 0.3 is 5.97 Å². The monoisotopic (exact) mass is 335 g/mol. The molecule has 2 heterocycles. The van der Waals surface area contributed by atoms with Crippen molar-refractivity contribution in [1.82, 2.24) is 4.57 Å². The van der Waals surface area contributed by atoms with Crippen LogP contribution in [-0.2, 0) is 0 Å². The predicted octanol–water partition coefficient (Wildman–Crippen LogP) is 1.77. The molecule has 24 heavy (non-hydrogen) atoms. The van der Waals surface area contributed by atoms with Crippen LogP contribution in [-0.4, -0.2) is 34.8 Å². The van der Waals surface area contributed by atoms with Gasteiger partial charge in [0.1, 0.15) is 17.7 Å². The van der Waals surface area contributed by atoms with E-state index in [2.05, 4.69) is 0 Å². The Kier molecular flexibility index (Phi) is 4.06. The fourth-order valence-corrected chi connectivity index (χ4v) is 2.94. The quantitative estimate of drug-likeness (QED) is 0.892. The Hall–Kier alpha value is -2.74. The first-order valence-corrected chi connectivity index (χ1v) is 7.31. The summed E-state index contributed by atoms with van der Waals surface area (Å²) in [5.74, 6) is -2.11. The normalized spacial score (nSPS) is 18.0. The standard InChI is InChI=1S/C16H15F2N3O3/c17-2-4-21-8-11(16(23)24)15(22)10-5-12(18)14(6-13(10)21)20-3-1-9(19)7-20/h2,4-6,8-9H,1,3,7,19H2,(H,23,24)/b4-2+. The van der Waals surface area contributed by atoms with Crippen molar-refractivity contribution in [2.45, 2.75) is 12.5 Å². The smallest absolute Gasteiger partial charge is 0.341 e. The summed E-state index contributed by atoms with van der Waals surface area (Å²) >= 11 is 0. The maximum absolute atomic E-state index is 14.5. The van der Waals surface area contributed by atoms with Crippen molar-refractivity contribution in [3.05, 3.63) is 46.3 Å². The highest BCUT2D eigenvalue weighted by Gasteiger charge is 2.23. The van der Waals surface area contributed by atoms with Crippen LogP contribution in [0.25, 0.3) is 17.1 Å². The van der Waals surface area contributed by atoms with Gasteiger partial charge in [0, 0.05) is 36.9 Å². The van der Waals surface area contributed by atoms with Crippen LogP contribution < -0.4 is 16.1 Å². The largest absolute Gasteiger partial charge is 0.477 e. The molecule has 1 saturated heterocycles. The number of hydrogen-bond acceptors (Lipinski definition) is 4. The Morgan fingerprint density at radius 2 is 2.17 bits per heavy atom. The highest BCUT2D eigenvalue weighted by Crippen LogP contribution is 2.28. The van der Waals surface area contributed by atoms with E-state index >= 15 is 0 Å². The van der Waals surface area contributed by atoms with E-state index < -0.39 is 22.8 Å². The van der Waals surface area contributed by atoms with E-state index in [1.54, 1.807) is 4.90 Å². The van der Waals surface area contributed by atoms with Gasteiger partial charge in [0.05, 0.1) is 11.2 Å². The van der Waals surface area contributed by atoms with Crippen LogP contribution in [0.5, 0.6) is 0 Å². The van der Waals surface area contributed by atoms with E-state index in [0.717, 1.165) is 23.0 Å². The molecule has 1 aliphatic heterocycles. The minimum atomic E-state index is -1.46. The van der Waals surface area contributed by atoms with E-state index in [1.807, 2.05) is 0 Å².